The Hall–Kier alpha value is -1.49. The molecule has 1 amide bonds. The Labute approximate surface area is 111 Å². The molecule has 1 rings (SSSR count). The normalized spacial score (nSPS) is 10.9. The molecule has 1 aromatic carbocycles. The summed E-state index contributed by atoms with van der Waals surface area (Å²) in [5.74, 6) is -2.36. The fourth-order valence-corrected chi connectivity index (χ4v) is 1.83. The zero-order chi connectivity index (χ0) is 14.6. The van der Waals surface area contributed by atoms with Gasteiger partial charge in [-0.15, -0.1) is 0 Å². The summed E-state index contributed by atoms with van der Waals surface area (Å²) >= 11 is 0. The minimum Gasteiger partial charge on any atom is -0.396 e. The Morgan fingerprint density at radius 1 is 1.37 bits per heavy atom. The predicted molar refractivity (Wildman–Crippen MR) is 69.0 cm³/mol. The molecule has 5 heteroatoms. The van der Waals surface area contributed by atoms with Gasteiger partial charge in [0, 0.05) is 19.2 Å². The van der Waals surface area contributed by atoms with Crippen LogP contribution in [0.25, 0.3) is 0 Å². The molecule has 0 aliphatic rings. The van der Waals surface area contributed by atoms with Crippen molar-refractivity contribution >= 4 is 5.91 Å². The van der Waals surface area contributed by atoms with Gasteiger partial charge in [0.05, 0.1) is 0 Å². The van der Waals surface area contributed by atoms with E-state index in [4.69, 9.17) is 5.11 Å². The van der Waals surface area contributed by atoms with Crippen molar-refractivity contribution in [2.75, 3.05) is 13.2 Å². The molecule has 0 aliphatic carbocycles. The average molecular weight is 271 g/mol. The quantitative estimate of drug-likeness (QED) is 0.894. The van der Waals surface area contributed by atoms with Crippen LogP contribution >= 0.6 is 0 Å². The molecule has 0 aliphatic heterocycles. The van der Waals surface area contributed by atoms with Crippen LogP contribution in [0.2, 0.25) is 0 Å². The van der Waals surface area contributed by atoms with Crippen molar-refractivity contribution in [2.24, 2.45) is 0 Å². The van der Waals surface area contributed by atoms with Gasteiger partial charge in [0.25, 0.3) is 5.91 Å². The van der Waals surface area contributed by atoms with Crippen LogP contribution in [0.3, 0.4) is 0 Å². The molecule has 0 saturated carbocycles. The maximum absolute atomic E-state index is 13.9. The number of rotatable bonds is 5. The van der Waals surface area contributed by atoms with E-state index >= 15 is 0 Å². The second-order valence-corrected chi connectivity index (χ2v) is 4.72. The van der Waals surface area contributed by atoms with E-state index in [0.717, 1.165) is 6.07 Å². The lowest BCUT2D eigenvalue weighted by molar-refractivity contribution is 0.0683. The zero-order valence-corrected chi connectivity index (χ0v) is 11.4. The number of nitrogens with zero attached hydrogens (tertiary/aromatic N) is 1. The monoisotopic (exact) mass is 271 g/mol. The summed E-state index contributed by atoms with van der Waals surface area (Å²) in [6, 6.07) is 2.20. The first-order chi connectivity index (χ1) is 8.90. The van der Waals surface area contributed by atoms with Gasteiger partial charge in [-0.05, 0) is 38.8 Å². The van der Waals surface area contributed by atoms with Crippen LogP contribution in [0, 0.1) is 18.6 Å². The lowest BCUT2D eigenvalue weighted by atomic mass is 10.1. The Balaban J connectivity index is 3.13. The minimum atomic E-state index is -0.859. The van der Waals surface area contributed by atoms with E-state index in [1.807, 2.05) is 0 Å². The highest BCUT2D eigenvalue weighted by molar-refractivity contribution is 5.95. The van der Waals surface area contributed by atoms with Crippen LogP contribution in [-0.2, 0) is 0 Å². The minimum absolute atomic E-state index is 0.0741. The first kappa shape index (κ1) is 15.6. The number of carbonyl (C=O) groups is 1. The van der Waals surface area contributed by atoms with Gasteiger partial charge < -0.3 is 10.0 Å². The smallest absolute Gasteiger partial charge is 0.260 e. The van der Waals surface area contributed by atoms with E-state index in [1.54, 1.807) is 13.8 Å². The van der Waals surface area contributed by atoms with Crippen LogP contribution in [0.15, 0.2) is 12.1 Å². The molecule has 1 aromatic rings. The molecule has 0 fully saturated rings. The van der Waals surface area contributed by atoms with Gasteiger partial charge in [0.1, 0.15) is 17.2 Å². The molecule has 3 nitrogen and oxygen atoms in total. The Bertz CT molecular complexity index is 461. The van der Waals surface area contributed by atoms with Gasteiger partial charge in [0.2, 0.25) is 0 Å². The third-order valence-electron chi connectivity index (χ3n) is 2.94. The number of aliphatic hydroxyl groups excluding tert-OH is 1. The molecular formula is C14H19F2NO2. The molecule has 0 aromatic heterocycles. The average Bonchev–Trinajstić information content (AvgIpc) is 2.34. The SMILES string of the molecule is Cc1ccc(F)c(C(=O)N(CCCO)C(C)C)c1F. The van der Waals surface area contributed by atoms with Crippen molar-refractivity contribution in [2.45, 2.75) is 33.2 Å². The van der Waals surface area contributed by atoms with Crippen molar-refractivity contribution in [3.05, 3.63) is 34.9 Å². The molecule has 1 N–H and O–H groups in total. The van der Waals surface area contributed by atoms with Crippen LogP contribution < -0.4 is 0 Å². The first-order valence-corrected chi connectivity index (χ1v) is 6.26. The highest BCUT2D eigenvalue weighted by Crippen LogP contribution is 2.19. The molecule has 0 unspecified atom stereocenters. The van der Waals surface area contributed by atoms with Crippen molar-refractivity contribution in [3.63, 3.8) is 0 Å². The number of amides is 1. The molecule has 106 valence electrons. The van der Waals surface area contributed by atoms with Crippen LogP contribution in [0.5, 0.6) is 0 Å². The van der Waals surface area contributed by atoms with Crippen molar-refractivity contribution in [1.29, 1.82) is 0 Å². The van der Waals surface area contributed by atoms with E-state index in [2.05, 4.69) is 0 Å². The molecular weight excluding hydrogens is 252 g/mol. The third kappa shape index (κ3) is 3.50. The summed E-state index contributed by atoms with van der Waals surface area (Å²) in [6.07, 6.45) is 0.374. The summed E-state index contributed by atoms with van der Waals surface area (Å²) in [5, 5.41) is 8.82. The summed E-state index contributed by atoms with van der Waals surface area (Å²) in [5.41, 5.74) is -0.290. The number of aryl methyl sites for hydroxylation is 1. The molecule has 0 spiro atoms. The van der Waals surface area contributed by atoms with Gasteiger partial charge in [-0.1, -0.05) is 6.07 Å². The van der Waals surface area contributed by atoms with Gasteiger partial charge in [0.15, 0.2) is 0 Å². The summed E-state index contributed by atoms with van der Waals surface area (Å²) in [6.45, 7) is 5.20. The van der Waals surface area contributed by atoms with E-state index in [9.17, 15) is 13.6 Å². The second-order valence-electron chi connectivity index (χ2n) is 4.72. The fourth-order valence-electron chi connectivity index (χ4n) is 1.83. The van der Waals surface area contributed by atoms with Crippen molar-refractivity contribution in [3.8, 4) is 0 Å². The molecule has 0 saturated heterocycles. The topological polar surface area (TPSA) is 40.5 Å². The van der Waals surface area contributed by atoms with Gasteiger partial charge >= 0.3 is 0 Å². The number of halogens is 2. The van der Waals surface area contributed by atoms with Crippen molar-refractivity contribution < 1.29 is 18.7 Å². The number of carbonyl (C=O) groups excluding carboxylic acids is 1. The van der Waals surface area contributed by atoms with Crippen LogP contribution in [-0.4, -0.2) is 35.1 Å². The molecule has 0 radical (unpaired) electrons. The van der Waals surface area contributed by atoms with Crippen molar-refractivity contribution in [1.82, 2.24) is 4.90 Å². The van der Waals surface area contributed by atoms with Gasteiger partial charge in [-0.25, -0.2) is 8.78 Å². The zero-order valence-electron chi connectivity index (χ0n) is 11.4. The number of hydrogen-bond donors (Lipinski definition) is 1. The van der Waals surface area contributed by atoms with E-state index in [1.165, 1.54) is 17.9 Å². The standard InChI is InChI=1S/C14H19F2NO2/c1-9(2)17(7-4-8-18)14(19)12-11(15)6-5-10(3)13(12)16/h5-6,9,18H,4,7-8H2,1-3H3. The highest BCUT2D eigenvalue weighted by Gasteiger charge is 2.25. The molecule has 0 atom stereocenters. The largest absolute Gasteiger partial charge is 0.396 e. The van der Waals surface area contributed by atoms with Crippen LogP contribution in [0.4, 0.5) is 8.78 Å². The maximum Gasteiger partial charge on any atom is 0.260 e. The summed E-state index contributed by atoms with van der Waals surface area (Å²) < 4.78 is 27.6. The Kier molecular flexibility index (Phi) is 5.42. The van der Waals surface area contributed by atoms with Gasteiger partial charge in [-0.2, -0.15) is 0 Å². The van der Waals surface area contributed by atoms with Gasteiger partial charge in [-0.3, -0.25) is 4.79 Å². The maximum atomic E-state index is 13.9. The molecule has 0 bridgehead atoms. The van der Waals surface area contributed by atoms with E-state index in [0.29, 0.717) is 6.42 Å². The number of hydrogen-bond acceptors (Lipinski definition) is 2. The summed E-state index contributed by atoms with van der Waals surface area (Å²) in [4.78, 5) is 13.6. The highest BCUT2D eigenvalue weighted by atomic mass is 19.1. The predicted octanol–water partition coefficient (Wildman–Crippen LogP) is 2.51. The third-order valence-corrected chi connectivity index (χ3v) is 2.94. The molecule has 0 heterocycles. The Morgan fingerprint density at radius 3 is 2.53 bits per heavy atom. The Morgan fingerprint density at radius 2 is 2.00 bits per heavy atom. The number of aliphatic hydroxyl groups is 1. The van der Waals surface area contributed by atoms with E-state index in [-0.39, 0.29) is 24.8 Å². The second kappa shape index (κ2) is 6.61. The first-order valence-electron chi connectivity index (χ1n) is 6.26. The lowest BCUT2D eigenvalue weighted by Gasteiger charge is -2.27. The van der Waals surface area contributed by atoms with Crippen LogP contribution in [0.1, 0.15) is 36.2 Å². The lowest BCUT2D eigenvalue weighted by Crippen LogP contribution is -2.39. The number of benzene rings is 1. The molecule has 19 heavy (non-hydrogen) atoms. The fraction of sp³-hybridized carbons (Fsp3) is 0.500. The van der Waals surface area contributed by atoms with E-state index < -0.39 is 23.1 Å². The summed E-state index contributed by atoms with van der Waals surface area (Å²) in [7, 11) is 0.